The third-order valence-electron chi connectivity index (χ3n) is 4.19. The Kier molecular flexibility index (Phi) is 4.97. The first-order valence-corrected chi connectivity index (χ1v) is 8.27. The number of pyridine rings is 1. The van der Waals surface area contributed by atoms with Crippen molar-refractivity contribution in [2.75, 3.05) is 6.61 Å². The fraction of sp³-hybridized carbons (Fsp3) is 0.316. The summed E-state index contributed by atoms with van der Waals surface area (Å²) < 4.78 is 5.51. The molecule has 6 nitrogen and oxygen atoms in total. The highest BCUT2D eigenvalue weighted by Gasteiger charge is 2.15. The Bertz CT molecular complexity index is 804. The number of carboxylic acid groups (broad SMARTS) is 1. The van der Waals surface area contributed by atoms with Gasteiger partial charge in [-0.3, -0.25) is 14.6 Å². The number of aromatic nitrogens is 1. The van der Waals surface area contributed by atoms with Crippen molar-refractivity contribution in [2.24, 2.45) is 0 Å². The lowest BCUT2D eigenvalue weighted by Gasteiger charge is -2.13. The number of fused-ring (bicyclic) bond motifs is 1. The van der Waals surface area contributed by atoms with E-state index in [1.807, 2.05) is 12.1 Å². The van der Waals surface area contributed by atoms with E-state index in [4.69, 9.17) is 9.84 Å². The molecule has 2 heterocycles. The maximum Gasteiger partial charge on any atom is 0.303 e. The summed E-state index contributed by atoms with van der Waals surface area (Å²) in [4.78, 5) is 27.1. The predicted molar refractivity (Wildman–Crippen MR) is 92.7 cm³/mol. The molecule has 0 saturated carbocycles. The van der Waals surface area contributed by atoms with Gasteiger partial charge < -0.3 is 15.2 Å². The van der Waals surface area contributed by atoms with Gasteiger partial charge >= 0.3 is 5.97 Å². The van der Waals surface area contributed by atoms with E-state index in [9.17, 15) is 9.59 Å². The Labute approximate surface area is 145 Å². The van der Waals surface area contributed by atoms with Crippen molar-refractivity contribution >= 4 is 11.9 Å². The summed E-state index contributed by atoms with van der Waals surface area (Å²) in [5.74, 6) is -0.208. The van der Waals surface area contributed by atoms with Crippen LogP contribution in [0.3, 0.4) is 0 Å². The van der Waals surface area contributed by atoms with E-state index in [2.05, 4.69) is 16.4 Å². The molecule has 1 unspecified atom stereocenters. The molecule has 1 atom stereocenters. The molecule has 1 aliphatic heterocycles. The maximum absolute atomic E-state index is 12.4. The lowest BCUT2D eigenvalue weighted by molar-refractivity contribution is -0.137. The number of hydrogen-bond donors (Lipinski definition) is 2. The summed E-state index contributed by atoms with van der Waals surface area (Å²) in [6.45, 7) is 2.49. The first-order valence-electron chi connectivity index (χ1n) is 8.27. The average Bonchev–Trinajstić information content (AvgIpc) is 3.07. The van der Waals surface area contributed by atoms with Crippen LogP contribution >= 0.6 is 0 Å². The Morgan fingerprint density at radius 2 is 2.12 bits per heavy atom. The molecule has 1 amide bonds. The quantitative estimate of drug-likeness (QED) is 0.844. The summed E-state index contributed by atoms with van der Waals surface area (Å²) in [5, 5.41) is 11.5. The van der Waals surface area contributed by atoms with Gasteiger partial charge in [-0.1, -0.05) is 6.07 Å². The number of ether oxygens (including phenoxy) is 1. The smallest absolute Gasteiger partial charge is 0.303 e. The molecule has 1 aromatic heterocycles. The van der Waals surface area contributed by atoms with Gasteiger partial charge in [0.05, 0.1) is 12.2 Å². The fourth-order valence-electron chi connectivity index (χ4n) is 2.81. The highest BCUT2D eigenvalue weighted by molar-refractivity contribution is 5.95. The number of benzene rings is 1. The summed E-state index contributed by atoms with van der Waals surface area (Å²) in [7, 11) is 0. The molecule has 0 fully saturated rings. The number of amides is 1. The van der Waals surface area contributed by atoms with Gasteiger partial charge in [-0.05, 0) is 42.7 Å². The highest BCUT2D eigenvalue weighted by Crippen LogP contribution is 2.30. The molecule has 25 heavy (non-hydrogen) atoms. The lowest BCUT2D eigenvalue weighted by Crippen LogP contribution is -2.33. The van der Waals surface area contributed by atoms with E-state index in [0.717, 1.165) is 28.9 Å². The lowest BCUT2D eigenvalue weighted by atomic mass is 10.0. The zero-order valence-corrected chi connectivity index (χ0v) is 14.0. The number of carboxylic acids is 1. The molecule has 130 valence electrons. The van der Waals surface area contributed by atoms with Crippen molar-refractivity contribution in [3.8, 4) is 16.9 Å². The molecule has 0 radical (unpaired) electrons. The summed E-state index contributed by atoms with van der Waals surface area (Å²) in [5.41, 5.74) is 3.47. The van der Waals surface area contributed by atoms with Crippen LogP contribution in [0.2, 0.25) is 0 Å². The van der Waals surface area contributed by atoms with Crippen molar-refractivity contribution in [3.05, 3.63) is 47.8 Å². The van der Waals surface area contributed by atoms with Crippen molar-refractivity contribution in [1.82, 2.24) is 10.3 Å². The number of rotatable bonds is 6. The number of nitrogens with zero attached hydrogens (tertiary/aromatic N) is 1. The van der Waals surface area contributed by atoms with Crippen LogP contribution in [-0.4, -0.2) is 34.6 Å². The predicted octanol–water partition coefficient (Wildman–Crippen LogP) is 2.67. The molecule has 0 bridgehead atoms. The molecule has 1 aromatic carbocycles. The summed E-state index contributed by atoms with van der Waals surface area (Å²) in [6, 6.07) is 7.54. The minimum absolute atomic E-state index is 0.0247. The van der Waals surface area contributed by atoms with Crippen molar-refractivity contribution in [2.45, 2.75) is 32.2 Å². The molecule has 1 aliphatic rings. The number of nitrogens with one attached hydrogen (secondary N) is 1. The van der Waals surface area contributed by atoms with Crippen molar-refractivity contribution in [3.63, 3.8) is 0 Å². The Morgan fingerprint density at radius 3 is 2.92 bits per heavy atom. The van der Waals surface area contributed by atoms with Crippen LogP contribution in [0.25, 0.3) is 11.1 Å². The van der Waals surface area contributed by atoms with Gasteiger partial charge in [0, 0.05) is 36.8 Å². The van der Waals surface area contributed by atoms with Crippen molar-refractivity contribution in [1.29, 1.82) is 0 Å². The first kappa shape index (κ1) is 17.0. The van der Waals surface area contributed by atoms with E-state index in [1.165, 1.54) is 6.20 Å². The zero-order valence-electron chi connectivity index (χ0n) is 14.0. The molecule has 0 spiro atoms. The van der Waals surface area contributed by atoms with Crippen LogP contribution in [0.4, 0.5) is 0 Å². The molecule has 0 saturated heterocycles. The molecular formula is C19H20N2O4. The van der Waals surface area contributed by atoms with E-state index in [0.29, 0.717) is 18.6 Å². The van der Waals surface area contributed by atoms with Gasteiger partial charge in [0.2, 0.25) is 0 Å². The van der Waals surface area contributed by atoms with Gasteiger partial charge in [-0.2, -0.15) is 0 Å². The molecule has 2 N–H and O–H groups in total. The van der Waals surface area contributed by atoms with Crippen LogP contribution < -0.4 is 10.1 Å². The zero-order chi connectivity index (χ0) is 17.8. The Hall–Kier alpha value is -2.89. The Morgan fingerprint density at radius 1 is 1.28 bits per heavy atom. The average molecular weight is 340 g/mol. The third-order valence-corrected chi connectivity index (χ3v) is 4.19. The van der Waals surface area contributed by atoms with Crippen molar-refractivity contribution < 1.29 is 19.4 Å². The topological polar surface area (TPSA) is 88.5 Å². The number of carbonyl (C=O) groups is 2. The minimum Gasteiger partial charge on any atom is -0.493 e. The SMILES string of the molecule is CC(CCC(=O)O)NC(=O)c1cncc(-c2ccc3c(c2)CCO3)c1. The molecule has 2 aromatic rings. The third kappa shape index (κ3) is 4.15. The van der Waals surface area contributed by atoms with E-state index in [1.54, 1.807) is 19.2 Å². The van der Waals surface area contributed by atoms with Crippen LogP contribution in [0, 0.1) is 0 Å². The van der Waals surface area contributed by atoms with E-state index < -0.39 is 5.97 Å². The van der Waals surface area contributed by atoms with Gasteiger partial charge in [-0.15, -0.1) is 0 Å². The van der Waals surface area contributed by atoms with Gasteiger partial charge in [0.25, 0.3) is 5.91 Å². The molecule has 0 aliphatic carbocycles. The number of aliphatic carboxylic acids is 1. The van der Waals surface area contributed by atoms with E-state index >= 15 is 0 Å². The second-order valence-corrected chi connectivity index (χ2v) is 6.19. The van der Waals surface area contributed by atoms with E-state index in [-0.39, 0.29) is 18.4 Å². The summed E-state index contributed by atoms with van der Waals surface area (Å²) in [6.07, 6.45) is 4.54. The molecule has 3 rings (SSSR count). The monoisotopic (exact) mass is 340 g/mol. The van der Waals surface area contributed by atoms with Crippen LogP contribution in [0.5, 0.6) is 5.75 Å². The van der Waals surface area contributed by atoms with Crippen LogP contribution in [0.15, 0.2) is 36.7 Å². The van der Waals surface area contributed by atoms with Gasteiger partial charge in [0.1, 0.15) is 5.75 Å². The van der Waals surface area contributed by atoms with Gasteiger partial charge in [0.15, 0.2) is 0 Å². The summed E-state index contributed by atoms with van der Waals surface area (Å²) >= 11 is 0. The second-order valence-electron chi connectivity index (χ2n) is 6.19. The van der Waals surface area contributed by atoms with Crippen LogP contribution in [0.1, 0.15) is 35.7 Å². The molecular weight excluding hydrogens is 320 g/mol. The second kappa shape index (κ2) is 7.34. The van der Waals surface area contributed by atoms with Gasteiger partial charge in [-0.25, -0.2) is 0 Å². The normalized spacial score (nSPS) is 13.6. The van der Waals surface area contributed by atoms with Crippen LogP contribution in [-0.2, 0) is 11.2 Å². The number of carbonyl (C=O) groups excluding carboxylic acids is 1. The first-order chi connectivity index (χ1) is 12.0. The number of hydrogen-bond acceptors (Lipinski definition) is 4. The molecule has 6 heteroatoms. The standard InChI is InChI=1S/C19H20N2O4/c1-12(2-5-18(22)23)21-19(24)16-9-15(10-20-11-16)13-3-4-17-14(8-13)6-7-25-17/h3-4,8-12H,2,5-7H2,1H3,(H,21,24)(H,22,23). The maximum atomic E-state index is 12.4. The largest absolute Gasteiger partial charge is 0.493 e. The fourth-order valence-corrected chi connectivity index (χ4v) is 2.81. The Balaban J connectivity index is 1.73. The minimum atomic E-state index is -0.870. The highest BCUT2D eigenvalue weighted by atomic mass is 16.5.